The third kappa shape index (κ3) is 1.95. The van der Waals surface area contributed by atoms with Gasteiger partial charge >= 0.3 is 0 Å². The van der Waals surface area contributed by atoms with Crippen LogP contribution in [0.1, 0.15) is 39.0 Å². The number of rotatable bonds is 2. The van der Waals surface area contributed by atoms with E-state index in [4.69, 9.17) is 0 Å². The van der Waals surface area contributed by atoms with E-state index in [2.05, 4.69) is 43.3 Å². The highest BCUT2D eigenvalue weighted by Crippen LogP contribution is 2.59. The molecule has 17 heavy (non-hydrogen) atoms. The summed E-state index contributed by atoms with van der Waals surface area (Å²) in [5.74, 6) is 0.882. The van der Waals surface area contributed by atoms with E-state index in [1.165, 1.54) is 37.0 Å². The Morgan fingerprint density at radius 2 is 2.00 bits per heavy atom. The molecule has 1 heteroatoms. The number of thioether (sulfide) groups is 1. The van der Waals surface area contributed by atoms with Crippen molar-refractivity contribution in [2.75, 3.05) is 0 Å². The lowest BCUT2D eigenvalue weighted by Crippen LogP contribution is -2.37. The summed E-state index contributed by atoms with van der Waals surface area (Å²) < 4.78 is 0. The van der Waals surface area contributed by atoms with Crippen LogP contribution in [-0.2, 0) is 0 Å². The average molecular weight is 244 g/mol. The van der Waals surface area contributed by atoms with E-state index in [-0.39, 0.29) is 0 Å². The zero-order valence-electron chi connectivity index (χ0n) is 10.5. The van der Waals surface area contributed by atoms with Crippen molar-refractivity contribution in [3.05, 3.63) is 41.3 Å². The zero-order valence-corrected chi connectivity index (χ0v) is 11.3. The molecule has 1 saturated carbocycles. The Balaban J connectivity index is 1.77. The molecule has 0 nitrogen and oxygen atoms in total. The van der Waals surface area contributed by atoms with Crippen molar-refractivity contribution in [1.82, 2.24) is 0 Å². The molecule has 0 aliphatic heterocycles. The van der Waals surface area contributed by atoms with Crippen LogP contribution in [0.15, 0.2) is 46.2 Å². The molecular weight excluding hydrogens is 224 g/mol. The fraction of sp³-hybridized carbons (Fsp3) is 0.500. The first-order chi connectivity index (χ1) is 8.31. The highest BCUT2D eigenvalue weighted by Gasteiger charge is 2.45. The van der Waals surface area contributed by atoms with Gasteiger partial charge in [-0.05, 0) is 42.2 Å². The summed E-state index contributed by atoms with van der Waals surface area (Å²) in [6.45, 7) is 2.46. The highest BCUT2D eigenvalue weighted by atomic mass is 32.2. The largest absolute Gasteiger partial charge is 0.0943 e. The maximum absolute atomic E-state index is 2.46. The SMILES string of the molecule is CC1CCCCC12CC=C2Sc1ccccc1. The molecule has 0 N–H and O–H groups in total. The van der Waals surface area contributed by atoms with Crippen molar-refractivity contribution >= 4 is 11.8 Å². The average Bonchev–Trinajstić information content (AvgIpc) is 2.37. The van der Waals surface area contributed by atoms with E-state index in [9.17, 15) is 0 Å². The first kappa shape index (κ1) is 11.4. The molecule has 0 heterocycles. The Hall–Kier alpha value is -0.690. The molecule has 1 fully saturated rings. The first-order valence-electron chi connectivity index (χ1n) is 6.75. The summed E-state index contributed by atoms with van der Waals surface area (Å²) >= 11 is 2.00. The molecule has 0 aromatic heterocycles. The minimum Gasteiger partial charge on any atom is -0.0943 e. The lowest BCUT2D eigenvalue weighted by molar-refractivity contribution is 0.143. The fourth-order valence-corrected chi connectivity index (χ4v) is 4.59. The quantitative estimate of drug-likeness (QED) is 0.683. The second-order valence-electron chi connectivity index (χ2n) is 5.49. The van der Waals surface area contributed by atoms with Crippen LogP contribution in [0.3, 0.4) is 0 Å². The molecule has 2 unspecified atom stereocenters. The van der Waals surface area contributed by atoms with Gasteiger partial charge in [0, 0.05) is 10.3 Å². The molecule has 90 valence electrons. The zero-order chi connectivity index (χ0) is 11.7. The topological polar surface area (TPSA) is 0 Å². The monoisotopic (exact) mass is 244 g/mol. The molecule has 0 saturated heterocycles. The van der Waals surface area contributed by atoms with Gasteiger partial charge in [0.05, 0.1) is 0 Å². The maximum atomic E-state index is 2.46. The molecule has 0 bridgehead atoms. The molecular formula is C16H20S. The number of hydrogen-bond donors (Lipinski definition) is 0. The lowest BCUT2D eigenvalue weighted by atomic mass is 9.60. The van der Waals surface area contributed by atoms with Gasteiger partial charge in [-0.25, -0.2) is 0 Å². The Morgan fingerprint density at radius 3 is 2.65 bits per heavy atom. The summed E-state index contributed by atoms with van der Waals surface area (Å²) in [5, 5.41) is 0. The van der Waals surface area contributed by atoms with Crippen LogP contribution in [0.5, 0.6) is 0 Å². The Kier molecular flexibility index (Phi) is 3.04. The van der Waals surface area contributed by atoms with Gasteiger partial charge < -0.3 is 0 Å². The molecule has 0 amide bonds. The van der Waals surface area contributed by atoms with Gasteiger partial charge in [-0.3, -0.25) is 0 Å². The lowest BCUT2D eigenvalue weighted by Gasteiger charge is -2.49. The van der Waals surface area contributed by atoms with E-state index >= 15 is 0 Å². The summed E-state index contributed by atoms with van der Waals surface area (Å²) in [7, 11) is 0. The molecule has 2 aliphatic carbocycles. The minimum absolute atomic E-state index is 0.554. The Morgan fingerprint density at radius 1 is 1.18 bits per heavy atom. The van der Waals surface area contributed by atoms with Crippen LogP contribution < -0.4 is 0 Å². The third-order valence-corrected chi connectivity index (χ3v) is 5.87. The molecule has 2 aliphatic rings. The van der Waals surface area contributed by atoms with Crippen LogP contribution in [0.4, 0.5) is 0 Å². The Labute approximate surface area is 109 Å². The van der Waals surface area contributed by atoms with E-state index in [0.717, 1.165) is 5.92 Å². The van der Waals surface area contributed by atoms with Crippen molar-refractivity contribution in [2.45, 2.75) is 43.9 Å². The molecule has 1 aromatic rings. The van der Waals surface area contributed by atoms with E-state index in [1.54, 1.807) is 4.91 Å². The van der Waals surface area contributed by atoms with Gasteiger partial charge in [0.1, 0.15) is 0 Å². The number of allylic oxidation sites excluding steroid dienone is 2. The molecule has 3 rings (SSSR count). The first-order valence-corrected chi connectivity index (χ1v) is 7.56. The van der Waals surface area contributed by atoms with Crippen molar-refractivity contribution in [3.8, 4) is 0 Å². The molecule has 1 spiro atoms. The Bertz CT molecular complexity index is 420. The normalized spacial score (nSPS) is 32.1. The van der Waals surface area contributed by atoms with Crippen molar-refractivity contribution in [1.29, 1.82) is 0 Å². The van der Waals surface area contributed by atoms with Crippen LogP contribution in [-0.4, -0.2) is 0 Å². The number of hydrogen-bond acceptors (Lipinski definition) is 1. The number of benzene rings is 1. The van der Waals surface area contributed by atoms with Crippen LogP contribution in [0.25, 0.3) is 0 Å². The molecule has 0 radical (unpaired) electrons. The van der Waals surface area contributed by atoms with Gasteiger partial charge in [0.15, 0.2) is 0 Å². The van der Waals surface area contributed by atoms with E-state index in [1.807, 2.05) is 11.8 Å². The second-order valence-corrected chi connectivity index (χ2v) is 6.61. The van der Waals surface area contributed by atoms with Gasteiger partial charge in [-0.1, -0.05) is 55.8 Å². The van der Waals surface area contributed by atoms with Crippen molar-refractivity contribution in [3.63, 3.8) is 0 Å². The van der Waals surface area contributed by atoms with Gasteiger partial charge in [0.2, 0.25) is 0 Å². The summed E-state index contributed by atoms with van der Waals surface area (Å²) in [6, 6.07) is 10.8. The van der Waals surface area contributed by atoms with Gasteiger partial charge in [-0.2, -0.15) is 0 Å². The van der Waals surface area contributed by atoms with Crippen LogP contribution in [0, 0.1) is 11.3 Å². The molecule has 1 aromatic carbocycles. The van der Waals surface area contributed by atoms with Crippen LogP contribution in [0.2, 0.25) is 0 Å². The summed E-state index contributed by atoms with van der Waals surface area (Å²) in [6.07, 6.45) is 9.48. The highest BCUT2D eigenvalue weighted by molar-refractivity contribution is 8.03. The van der Waals surface area contributed by atoms with Crippen molar-refractivity contribution in [2.24, 2.45) is 11.3 Å². The predicted molar refractivity (Wildman–Crippen MR) is 75.1 cm³/mol. The fourth-order valence-electron chi connectivity index (χ4n) is 3.29. The standard InChI is InChI=1S/C16H20S/c1-13-7-5-6-11-16(13)12-10-15(16)17-14-8-3-2-4-9-14/h2-4,8-10,13H,5-7,11-12H2,1H3. The molecule has 2 atom stereocenters. The van der Waals surface area contributed by atoms with E-state index in [0.29, 0.717) is 5.41 Å². The summed E-state index contributed by atoms with van der Waals surface area (Å²) in [4.78, 5) is 3.05. The maximum Gasteiger partial charge on any atom is 0.0119 e. The minimum atomic E-state index is 0.554. The smallest absolute Gasteiger partial charge is 0.0119 e. The predicted octanol–water partition coefficient (Wildman–Crippen LogP) is 5.26. The van der Waals surface area contributed by atoms with Gasteiger partial charge in [-0.15, -0.1) is 0 Å². The third-order valence-electron chi connectivity index (χ3n) is 4.57. The summed E-state index contributed by atoms with van der Waals surface area (Å²) in [5.41, 5.74) is 0.554. The van der Waals surface area contributed by atoms with Crippen LogP contribution >= 0.6 is 11.8 Å². The van der Waals surface area contributed by atoms with E-state index < -0.39 is 0 Å². The second kappa shape index (κ2) is 4.53. The van der Waals surface area contributed by atoms with Gasteiger partial charge in [0.25, 0.3) is 0 Å². The van der Waals surface area contributed by atoms with Crippen molar-refractivity contribution < 1.29 is 0 Å².